The van der Waals surface area contributed by atoms with Gasteiger partial charge in [0.15, 0.2) is 5.65 Å². The molecule has 0 bridgehead atoms. The molecule has 2 aliphatic rings. The Morgan fingerprint density at radius 1 is 1.09 bits per heavy atom. The first-order valence-electron chi connectivity index (χ1n) is 11.2. The number of hydrogen-bond donors (Lipinski definition) is 1. The number of aryl methyl sites for hydroxylation is 2. The number of carbonyl (C=O) groups is 2. The van der Waals surface area contributed by atoms with Gasteiger partial charge in [0.2, 0.25) is 6.17 Å². The van der Waals surface area contributed by atoms with Crippen molar-refractivity contribution in [1.29, 1.82) is 0 Å². The van der Waals surface area contributed by atoms with Gasteiger partial charge in [-0.1, -0.05) is 48.5 Å². The number of para-hydroxylation sites is 1. The number of ether oxygens (including phenoxy) is 1. The molecule has 0 aliphatic carbocycles. The van der Waals surface area contributed by atoms with E-state index < -0.39 is 12.3 Å². The Hall–Kier alpha value is -4.60. The Labute approximate surface area is 200 Å². The van der Waals surface area contributed by atoms with Crippen LogP contribution in [0.2, 0.25) is 0 Å². The first-order chi connectivity index (χ1) is 17.0. The SMILES string of the molecule is Cc1cc2nnc(OC(=O)N[C@@H]3N=C(c4ccccc4)c4cccc5c4N(CC5)C3=O)c(C)n2n1. The Morgan fingerprint density at radius 2 is 1.91 bits per heavy atom. The minimum Gasteiger partial charge on any atom is -0.388 e. The fraction of sp³-hybridized carbons (Fsp3) is 0.200. The van der Waals surface area contributed by atoms with E-state index in [1.807, 2.05) is 55.5 Å². The van der Waals surface area contributed by atoms with Crippen LogP contribution in [0.15, 0.2) is 59.6 Å². The second-order valence-corrected chi connectivity index (χ2v) is 8.48. The zero-order valence-corrected chi connectivity index (χ0v) is 19.1. The molecule has 0 spiro atoms. The molecule has 1 atom stereocenters. The van der Waals surface area contributed by atoms with E-state index in [4.69, 9.17) is 9.73 Å². The number of carbonyl (C=O) groups excluding carboxylic acids is 2. The molecule has 2 aromatic carbocycles. The van der Waals surface area contributed by atoms with E-state index in [0.29, 0.717) is 23.6 Å². The highest BCUT2D eigenvalue weighted by molar-refractivity contribution is 6.21. The number of amides is 2. The minimum absolute atomic E-state index is 0.00169. The van der Waals surface area contributed by atoms with Crippen LogP contribution >= 0.6 is 0 Å². The van der Waals surface area contributed by atoms with Crippen LogP contribution < -0.4 is 15.0 Å². The molecule has 2 amide bonds. The van der Waals surface area contributed by atoms with E-state index in [2.05, 4.69) is 20.6 Å². The molecule has 0 radical (unpaired) electrons. The molecule has 4 heterocycles. The lowest BCUT2D eigenvalue weighted by atomic mass is 9.98. The molecule has 2 aromatic heterocycles. The Morgan fingerprint density at radius 3 is 2.74 bits per heavy atom. The molecule has 35 heavy (non-hydrogen) atoms. The average Bonchev–Trinajstić information content (AvgIpc) is 3.44. The summed E-state index contributed by atoms with van der Waals surface area (Å²) in [4.78, 5) is 32.8. The Bertz CT molecular complexity index is 1530. The number of fused-ring (bicyclic) bond motifs is 1. The normalized spacial score (nSPS) is 16.6. The summed E-state index contributed by atoms with van der Waals surface area (Å²) in [5, 5.41) is 15.0. The van der Waals surface area contributed by atoms with Crippen LogP contribution in [0.5, 0.6) is 5.88 Å². The van der Waals surface area contributed by atoms with Gasteiger partial charge in [-0.3, -0.25) is 10.1 Å². The van der Waals surface area contributed by atoms with Gasteiger partial charge < -0.3 is 9.64 Å². The fourth-order valence-electron chi connectivity index (χ4n) is 4.58. The summed E-state index contributed by atoms with van der Waals surface area (Å²) in [5.41, 5.74) is 6.09. The molecule has 174 valence electrons. The first kappa shape index (κ1) is 21.0. The molecule has 10 heteroatoms. The molecule has 0 saturated carbocycles. The largest absolute Gasteiger partial charge is 0.416 e. The maximum absolute atomic E-state index is 13.5. The molecule has 10 nitrogen and oxygen atoms in total. The van der Waals surface area contributed by atoms with Crippen molar-refractivity contribution in [3.63, 3.8) is 0 Å². The molecule has 0 saturated heterocycles. The van der Waals surface area contributed by atoms with Crippen LogP contribution in [0, 0.1) is 13.8 Å². The summed E-state index contributed by atoms with van der Waals surface area (Å²) in [6.07, 6.45) is -1.28. The smallest absolute Gasteiger partial charge is 0.388 e. The number of rotatable bonds is 3. The summed E-state index contributed by atoms with van der Waals surface area (Å²) in [5.74, 6) is -0.321. The molecule has 1 N–H and O–H groups in total. The van der Waals surface area contributed by atoms with Gasteiger partial charge in [-0.25, -0.2) is 14.3 Å². The number of anilines is 1. The van der Waals surface area contributed by atoms with E-state index in [9.17, 15) is 9.59 Å². The van der Waals surface area contributed by atoms with Crippen LogP contribution in [0.25, 0.3) is 5.65 Å². The maximum Gasteiger partial charge on any atom is 0.416 e. The predicted octanol–water partition coefficient (Wildman–Crippen LogP) is 2.60. The Balaban J connectivity index is 1.35. The van der Waals surface area contributed by atoms with Crippen LogP contribution in [0.1, 0.15) is 28.1 Å². The minimum atomic E-state index is -1.17. The number of hydrogen-bond acceptors (Lipinski definition) is 7. The second kappa shape index (κ2) is 8.01. The first-order valence-corrected chi connectivity index (χ1v) is 11.2. The molecule has 6 rings (SSSR count). The zero-order chi connectivity index (χ0) is 24.1. The van der Waals surface area contributed by atoms with Crippen molar-refractivity contribution in [3.8, 4) is 5.88 Å². The van der Waals surface area contributed by atoms with Crippen molar-refractivity contribution in [2.24, 2.45) is 4.99 Å². The van der Waals surface area contributed by atoms with Gasteiger partial charge in [-0.2, -0.15) is 5.10 Å². The van der Waals surface area contributed by atoms with Crippen molar-refractivity contribution < 1.29 is 14.3 Å². The average molecular weight is 467 g/mol. The quantitative estimate of drug-likeness (QED) is 0.495. The third-order valence-corrected chi connectivity index (χ3v) is 6.18. The van der Waals surface area contributed by atoms with E-state index in [1.54, 1.807) is 22.4 Å². The lowest BCUT2D eigenvalue weighted by molar-refractivity contribution is -0.120. The third kappa shape index (κ3) is 3.50. The number of benzene rings is 2. The molecule has 0 fully saturated rings. The van der Waals surface area contributed by atoms with Gasteiger partial charge in [0, 0.05) is 23.7 Å². The maximum atomic E-state index is 13.5. The van der Waals surface area contributed by atoms with Crippen molar-refractivity contribution in [2.45, 2.75) is 26.4 Å². The van der Waals surface area contributed by atoms with Gasteiger partial charge in [0.25, 0.3) is 11.8 Å². The monoisotopic (exact) mass is 467 g/mol. The second-order valence-electron chi connectivity index (χ2n) is 8.48. The highest BCUT2D eigenvalue weighted by Gasteiger charge is 2.37. The Kier molecular flexibility index (Phi) is 4.80. The third-order valence-electron chi connectivity index (χ3n) is 6.18. The van der Waals surface area contributed by atoms with Crippen molar-refractivity contribution in [3.05, 3.63) is 82.7 Å². The van der Waals surface area contributed by atoms with Crippen LogP contribution in [-0.4, -0.2) is 50.2 Å². The standard InChI is InChI=1S/C25H21N7O3/c1-14-13-19-28-29-23(15(2)32(19)30-14)35-25(34)27-22-24(33)31-12-11-17-9-6-10-18(21(17)31)20(26-22)16-7-4-3-5-8-16/h3-10,13,22H,11-12H2,1-2H3,(H,27,34)/t22-/m0/s1. The highest BCUT2D eigenvalue weighted by Crippen LogP contribution is 2.36. The number of aromatic nitrogens is 4. The van der Waals surface area contributed by atoms with E-state index >= 15 is 0 Å². The van der Waals surface area contributed by atoms with Gasteiger partial charge in [-0.05, 0) is 25.8 Å². The molecule has 0 unspecified atom stereocenters. The molecule has 2 aliphatic heterocycles. The van der Waals surface area contributed by atoms with E-state index in [-0.39, 0.29) is 11.8 Å². The zero-order valence-electron chi connectivity index (χ0n) is 19.1. The van der Waals surface area contributed by atoms with Crippen LogP contribution in [-0.2, 0) is 11.2 Å². The molecular weight excluding hydrogens is 446 g/mol. The highest BCUT2D eigenvalue weighted by atomic mass is 16.6. The topological polar surface area (TPSA) is 114 Å². The predicted molar refractivity (Wildman–Crippen MR) is 128 cm³/mol. The van der Waals surface area contributed by atoms with Crippen molar-refractivity contribution in [1.82, 2.24) is 25.1 Å². The van der Waals surface area contributed by atoms with E-state index in [1.165, 1.54) is 0 Å². The van der Waals surface area contributed by atoms with Gasteiger partial charge in [0.1, 0.15) is 5.69 Å². The van der Waals surface area contributed by atoms with Crippen molar-refractivity contribution >= 4 is 29.0 Å². The van der Waals surface area contributed by atoms with Gasteiger partial charge in [0.05, 0.1) is 17.1 Å². The summed E-state index contributed by atoms with van der Waals surface area (Å²) >= 11 is 0. The molecular formula is C25H21N7O3. The van der Waals surface area contributed by atoms with E-state index in [0.717, 1.165) is 34.5 Å². The summed E-state index contributed by atoms with van der Waals surface area (Å²) in [6, 6.07) is 17.3. The lowest BCUT2D eigenvalue weighted by Gasteiger charge is -2.20. The summed E-state index contributed by atoms with van der Waals surface area (Å²) in [6.45, 7) is 4.08. The number of nitrogens with one attached hydrogen (secondary N) is 1. The summed E-state index contributed by atoms with van der Waals surface area (Å²) < 4.78 is 6.98. The summed E-state index contributed by atoms with van der Waals surface area (Å²) in [7, 11) is 0. The van der Waals surface area contributed by atoms with Crippen LogP contribution in [0.4, 0.5) is 10.5 Å². The lowest BCUT2D eigenvalue weighted by Crippen LogP contribution is -2.47. The fourth-order valence-corrected chi connectivity index (χ4v) is 4.58. The van der Waals surface area contributed by atoms with Gasteiger partial charge >= 0.3 is 6.09 Å². The van der Waals surface area contributed by atoms with Crippen molar-refractivity contribution in [2.75, 3.05) is 11.4 Å². The van der Waals surface area contributed by atoms with Crippen LogP contribution in [0.3, 0.4) is 0 Å². The number of aliphatic imine (C=N–C) groups is 1. The van der Waals surface area contributed by atoms with Gasteiger partial charge in [-0.15, -0.1) is 10.2 Å². The number of nitrogens with zero attached hydrogens (tertiary/aromatic N) is 6. The molecule has 4 aromatic rings.